The van der Waals surface area contributed by atoms with E-state index in [0.29, 0.717) is 15.9 Å². The quantitative estimate of drug-likeness (QED) is 0.932. The zero-order valence-corrected chi connectivity index (χ0v) is 12.2. The van der Waals surface area contributed by atoms with E-state index in [2.05, 4.69) is 36.3 Å². The molecule has 1 amide bonds. The molecule has 0 saturated carbocycles. The van der Waals surface area contributed by atoms with Crippen molar-refractivity contribution in [2.75, 3.05) is 5.32 Å². The van der Waals surface area contributed by atoms with Gasteiger partial charge < -0.3 is 0 Å². The van der Waals surface area contributed by atoms with Crippen molar-refractivity contribution in [3.63, 3.8) is 0 Å². The van der Waals surface area contributed by atoms with Gasteiger partial charge in [-0.25, -0.2) is 0 Å². The van der Waals surface area contributed by atoms with Gasteiger partial charge in [0.2, 0.25) is 5.13 Å². The van der Waals surface area contributed by atoms with Crippen LogP contribution in [-0.4, -0.2) is 16.1 Å². The van der Waals surface area contributed by atoms with Crippen molar-refractivity contribution in [1.82, 2.24) is 10.2 Å². The Balaban J connectivity index is 2.06. The minimum atomic E-state index is -0.105. The summed E-state index contributed by atoms with van der Waals surface area (Å²) in [6.45, 7) is 6.19. The van der Waals surface area contributed by atoms with Gasteiger partial charge >= 0.3 is 0 Å². The maximum Gasteiger partial charge on any atom is 0.267 e. The van der Waals surface area contributed by atoms with Crippen LogP contribution in [0.3, 0.4) is 0 Å². The van der Waals surface area contributed by atoms with Crippen molar-refractivity contribution in [2.45, 2.75) is 33.1 Å². The van der Waals surface area contributed by atoms with Gasteiger partial charge in [-0.1, -0.05) is 32.1 Å². The van der Waals surface area contributed by atoms with E-state index in [9.17, 15) is 4.79 Å². The molecule has 2 rings (SSSR count). The fourth-order valence-corrected chi connectivity index (χ4v) is 2.95. The first-order valence-corrected chi connectivity index (χ1v) is 7.47. The molecule has 0 fully saturated rings. The molecule has 0 unspecified atom stereocenters. The summed E-state index contributed by atoms with van der Waals surface area (Å²) in [5.74, 6) is 0.229. The average molecular weight is 281 g/mol. The summed E-state index contributed by atoms with van der Waals surface area (Å²) in [5, 5.41) is 12.3. The van der Waals surface area contributed by atoms with Crippen LogP contribution in [0.25, 0.3) is 0 Å². The van der Waals surface area contributed by atoms with Crippen LogP contribution in [0.4, 0.5) is 5.13 Å². The van der Waals surface area contributed by atoms with E-state index in [1.165, 1.54) is 27.6 Å². The van der Waals surface area contributed by atoms with E-state index in [4.69, 9.17) is 0 Å². The van der Waals surface area contributed by atoms with Gasteiger partial charge in [0.05, 0.1) is 4.88 Å². The van der Waals surface area contributed by atoms with E-state index in [0.717, 1.165) is 11.4 Å². The fourth-order valence-electron chi connectivity index (χ4n) is 1.37. The second kappa shape index (κ2) is 5.58. The van der Waals surface area contributed by atoms with Crippen LogP contribution in [0, 0.1) is 0 Å². The number of amides is 1. The lowest BCUT2D eigenvalue weighted by molar-refractivity contribution is 0.103. The number of carbonyl (C=O) groups is 1. The van der Waals surface area contributed by atoms with Crippen LogP contribution in [0.1, 0.15) is 46.2 Å². The van der Waals surface area contributed by atoms with Gasteiger partial charge in [0.15, 0.2) is 0 Å². The normalized spacial score (nSPS) is 10.9. The largest absolute Gasteiger partial charge is 0.296 e. The highest BCUT2D eigenvalue weighted by Gasteiger charge is 2.13. The molecule has 18 heavy (non-hydrogen) atoms. The Labute approximate surface area is 114 Å². The minimum Gasteiger partial charge on any atom is -0.296 e. The van der Waals surface area contributed by atoms with Crippen molar-refractivity contribution in [3.05, 3.63) is 26.9 Å². The number of rotatable bonds is 4. The van der Waals surface area contributed by atoms with Gasteiger partial charge in [-0.2, -0.15) is 0 Å². The van der Waals surface area contributed by atoms with Crippen LogP contribution >= 0.6 is 22.7 Å². The molecule has 0 saturated heterocycles. The van der Waals surface area contributed by atoms with Gasteiger partial charge in [-0.3, -0.25) is 10.1 Å². The summed E-state index contributed by atoms with van der Waals surface area (Å²) in [6, 6.07) is 3.84. The molecule has 2 aromatic rings. The highest BCUT2D eigenvalue weighted by molar-refractivity contribution is 7.16. The highest BCUT2D eigenvalue weighted by Crippen LogP contribution is 2.24. The lowest BCUT2D eigenvalue weighted by Crippen LogP contribution is -2.09. The number of hydrogen-bond acceptors (Lipinski definition) is 5. The molecule has 0 spiro atoms. The fraction of sp³-hybridized carbons (Fsp3) is 0.417. The second-order valence-electron chi connectivity index (χ2n) is 4.17. The number of thiophene rings is 1. The Morgan fingerprint density at radius 3 is 2.67 bits per heavy atom. The standard InChI is InChI=1S/C12H15N3OS2/c1-4-8-5-6-9(17-8)10(16)13-12-15-14-11(18-12)7(2)3/h5-7H,4H2,1-3H3,(H,13,15,16). The van der Waals surface area contributed by atoms with Crippen molar-refractivity contribution in [3.8, 4) is 0 Å². The predicted octanol–water partition coefficient (Wildman–Crippen LogP) is 3.54. The Hall–Kier alpha value is -1.27. The maximum absolute atomic E-state index is 12.0. The summed E-state index contributed by atoms with van der Waals surface area (Å²) in [7, 11) is 0. The Morgan fingerprint density at radius 1 is 1.33 bits per heavy atom. The van der Waals surface area contributed by atoms with Crippen LogP contribution in [0.15, 0.2) is 12.1 Å². The van der Waals surface area contributed by atoms with Crippen molar-refractivity contribution < 1.29 is 4.79 Å². The molecule has 0 bridgehead atoms. The van der Waals surface area contributed by atoms with E-state index in [1.54, 1.807) is 0 Å². The molecule has 0 aliphatic carbocycles. The lowest BCUT2D eigenvalue weighted by atomic mass is 10.2. The Kier molecular flexibility index (Phi) is 4.08. The Bertz CT molecular complexity index is 545. The van der Waals surface area contributed by atoms with Crippen molar-refractivity contribution >= 4 is 33.7 Å². The summed E-state index contributed by atoms with van der Waals surface area (Å²) >= 11 is 2.94. The molecule has 6 heteroatoms. The lowest BCUT2D eigenvalue weighted by Gasteiger charge is -1.97. The third-order valence-corrected chi connectivity index (χ3v) is 4.76. The first-order chi connectivity index (χ1) is 8.60. The van der Waals surface area contributed by atoms with Crippen LogP contribution in [-0.2, 0) is 6.42 Å². The molecular weight excluding hydrogens is 266 g/mol. The van der Waals surface area contributed by atoms with Gasteiger partial charge in [0, 0.05) is 10.8 Å². The smallest absolute Gasteiger partial charge is 0.267 e. The SMILES string of the molecule is CCc1ccc(C(=O)Nc2nnc(C(C)C)s2)s1. The van der Waals surface area contributed by atoms with Crippen LogP contribution < -0.4 is 5.32 Å². The van der Waals surface area contributed by atoms with Gasteiger partial charge in [-0.05, 0) is 18.6 Å². The monoisotopic (exact) mass is 281 g/mol. The minimum absolute atomic E-state index is 0.105. The molecular formula is C12H15N3OS2. The zero-order valence-electron chi connectivity index (χ0n) is 10.6. The zero-order chi connectivity index (χ0) is 13.1. The molecule has 2 aromatic heterocycles. The average Bonchev–Trinajstić information content (AvgIpc) is 2.96. The highest BCUT2D eigenvalue weighted by atomic mass is 32.1. The third-order valence-electron chi connectivity index (χ3n) is 2.39. The summed E-state index contributed by atoms with van der Waals surface area (Å²) in [5.41, 5.74) is 0. The summed E-state index contributed by atoms with van der Waals surface area (Å²) in [6.07, 6.45) is 0.953. The number of aromatic nitrogens is 2. The van der Waals surface area contributed by atoms with Gasteiger partial charge in [0.1, 0.15) is 5.01 Å². The number of nitrogens with zero attached hydrogens (tertiary/aromatic N) is 2. The molecule has 0 aliphatic rings. The van der Waals surface area contributed by atoms with Crippen LogP contribution in [0.2, 0.25) is 0 Å². The number of aryl methyl sites for hydroxylation is 1. The topological polar surface area (TPSA) is 54.9 Å². The van der Waals surface area contributed by atoms with E-state index < -0.39 is 0 Å². The maximum atomic E-state index is 12.0. The predicted molar refractivity (Wildman–Crippen MR) is 75.6 cm³/mol. The molecule has 0 atom stereocenters. The molecule has 0 aliphatic heterocycles. The number of hydrogen-bond donors (Lipinski definition) is 1. The molecule has 2 heterocycles. The third kappa shape index (κ3) is 2.94. The molecule has 0 radical (unpaired) electrons. The number of carbonyl (C=O) groups excluding carboxylic acids is 1. The van der Waals surface area contributed by atoms with E-state index in [1.807, 2.05) is 12.1 Å². The molecule has 1 N–H and O–H groups in total. The van der Waals surface area contributed by atoms with Crippen molar-refractivity contribution in [1.29, 1.82) is 0 Å². The Morgan fingerprint density at radius 2 is 2.11 bits per heavy atom. The first kappa shape index (κ1) is 13.2. The van der Waals surface area contributed by atoms with E-state index >= 15 is 0 Å². The van der Waals surface area contributed by atoms with Crippen molar-refractivity contribution in [2.24, 2.45) is 0 Å². The van der Waals surface area contributed by atoms with Gasteiger partial charge in [0.25, 0.3) is 5.91 Å². The van der Waals surface area contributed by atoms with Crippen LogP contribution in [0.5, 0.6) is 0 Å². The summed E-state index contributed by atoms with van der Waals surface area (Å²) < 4.78 is 0. The molecule has 0 aromatic carbocycles. The first-order valence-electron chi connectivity index (χ1n) is 5.83. The number of anilines is 1. The number of nitrogens with one attached hydrogen (secondary N) is 1. The second-order valence-corrected chi connectivity index (χ2v) is 6.35. The summed E-state index contributed by atoms with van der Waals surface area (Å²) in [4.78, 5) is 13.9. The van der Waals surface area contributed by atoms with E-state index in [-0.39, 0.29) is 5.91 Å². The molecule has 96 valence electrons. The van der Waals surface area contributed by atoms with Gasteiger partial charge in [-0.15, -0.1) is 21.5 Å². The molecule has 4 nitrogen and oxygen atoms in total.